The highest BCUT2D eigenvalue weighted by molar-refractivity contribution is 7.88. The Morgan fingerprint density at radius 1 is 1.12 bits per heavy atom. The fraction of sp³-hybridized carbons (Fsp3) is 0.944. The normalized spacial score (nSPS) is 30.1. The highest BCUT2D eigenvalue weighted by Gasteiger charge is 2.37. The van der Waals surface area contributed by atoms with Gasteiger partial charge >= 0.3 is 0 Å². The predicted octanol–water partition coefficient (Wildman–Crippen LogP) is 2.91. The number of carbonyl (C=O) groups is 1. The number of piperidine rings is 1. The zero-order valence-corrected chi connectivity index (χ0v) is 16.5. The second kappa shape index (κ2) is 7.73. The van der Waals surface area contributed by atoms with E-state index >= 15 is 0 Å². The average Bonchev–Trinajstić information content (AvgIpc) is 2.54. The molecule has 0 spiro atoms. The number of hydrogen-bond acceptors (Lipinski definition) is 3. The summed E-state index contributed by atoms with van der Waals surface area (Å²) in [7, 11) is -3.32. The van der Waals surface area contributed by atoms with E-state index in [0.717, 1.165) is 44.4 Å². The second-order valence-electron chi connectivity index (χ2n) is 8.28. The lowest BCUT2D eigenvalue weighted by molar-refractivity contribution is -0.126. The molecule has 1 atom stereocenters. The number of sulfonamides is 1. The van der Waals surface area contributed by atoms with Crippen LogP contribution in [0.5, 0.6) is 0 Å². The van der Waals surface area contributed by atoms with Gasteiger partial charge in [-0.25, -0.2) is 8.42 Å². The summed E-state index contributed by atoms with van der Waals surface area (Å²) < 4.78 is 25.2. The lowest BCUT2D eigenvalue weighted by Crippen LogP contribution is -2.53. The van der Waals surface area contributed by atoms with Crippen LogP contribution in [0.1, 0.15) is 72.1 Å². The minimum atomic E-state index is -3.32. The van der Waals surface area contributed by atoms with Gasteiger partial charge < -0.3 is 5.32 Å². The van der Waals surface area contributed by atoms with Gasteiger partial charge in [-0.2, -0.15) is 4.31 Å². The van der Waals surface area contributed by atoms with Gasteiger partial charge in [0.1, 0.15) is 6.04 Å². The molecule has 0 aromatic carbocycles. The summed E-state index contributed by atoms with van der Waals surface area (Å²) in [5, 5.41) is 3.14. The van der Waals surface area contributed by atoms with E-state index in [2.05, 4.69) is 26.1 Å². The fourth-order valence-corrected chi connectivity index (χ4v) is 5.29. The number of nitrogens with one attached hydrogen (secondary N) is 1. The first-order valence-electron chi connectivity index (χ1n) is 9.42. The molecule has 0 radical (unpaired) electrons. The van der Waals surface area contributed by atoms with Crippen molar-refractivity contribution in [3.63, 3.8) is 0 Å². The van der Waals surface area contributed by atoms with Crippen molar-refractivity contribution in [1.82, 2.24) is 9.62 Å². The quantitative estimate of drug-likeness (QED) is 0.822. The number of hydrogen-bond donors (Lipinski definition) is 1. The molecule has 1 N–H and O–H groups in total. The SMILES string of the molecule is CCC(C)(C)C1CCC(NC(=O)C2CCCCN2S(C)(=O)=O)CC1. The molecule has 5 nitrogen and oxygen atoms in total. The maximum Gasteiger partial charge on any atom is 0.238 e. The van der Waals surface area contributed by atoms with Crippen molar-refractivity contribution < 1.29 is 13.2 Å². The summed E-state index contributed by atoms with van der Waals surface area (Å²) in [4.78, 5) is 12.6. The first kappa shape index (κ1) is 19.7. The molecule has 1 saturated carbocycles. The fourth-order valence-electron chi connectivity index (χ4n) is 4.17. The topological polar surface area (TPSA) is 66.5 Å². The maximum atomic E-state index is 12.6. The lowest BCUT2D eigenvalue weighted by atomic mass is 9.69. The highest BCUT2D eigenvalue weighted by atomic mass is 32.2. The van der Waals surface area contributed by atoms with Crippen LogP contribution in [0.2, 0.25) is 0 Å². The van der Waals surface area contributed by atoms with Crippen molar-refractivity contribution in [3.8, 4) is 0 Å². The van der Waals surface area contributed by atoms with Gasteiger partial charge in [0.2, 0.25) is 15.9 Å². The minimum Gasteiger partial charge on any atom is -0.352 e. The summed E-state index contributed by atoms with van der Waals surface area (Å²) in [6, 6.07) is -0.316. The zero-order chi connectivity index (χ0) is 18.0. The van der Waals surface area contributed by atoms with Crippen LogP contribution in [0.25, 0.3) is 0 Å². The van der Waals surface area contributed by atoms with E-state index in [4.69, 9.17) is 0 Å². The van der Waals surface area contributed by atoms with Crippen molar-refractivity contribution in [2.45, 2.75) is 84.2 Å². The van der Waals surface area contributed by atoms with Crippen LogP contribution < -0.4 is 5.32 Å². The number of carbonyl (C=O) groups excluding carboxylic acids is 1. The number of nitrogens with zero attached hydrogens (tertiary/aromatic N) is 1. The summed E-state index contributed by atoms with van der Waals surface area (Å²) >= 11 is 0. The van der Waals surface area contributed by atoms with E-state index in [1.165, 1.54) is 17.0 Å². The largest absolute Gasteiger partial charge is 0.352 e. The van der Waals surface area contributed by atoms with Gasteiger partial charge in [0, 0.05) is 12.6 Å². The maximum absolute atomic E-state index is 12.6. The third-order valence-corrected chi connectivity index (χ3v) is 7.56. The number of amides is 1. The Bertz CT molecular complexity index is 536. The van der Waals surface area contributed by atoms with Gasteiger partial charge in [-0.1, -0.05) is 33.6 Å². The van der Waals surface area contributed by atoms with Gasteiger partial charge in [-0.05, 0) is 49.9 Å². The molecule has 1 amide bonds. The molecule has 0 aromatic rings. The van der Waals surface area contributed by atoms with Gasteiger partial charge in [0.15, 0.2) is 0 Å². The third-order valence-electron chi connectivity index (χ3n) is 6.27. The molecule has 140 valence electrons. The van der Waals surface area contributed by atoms with Gasteiger partial charge in [-0.15, -0.1) is 0 Å². The van der Waals surface area contributed by atoms with E-state index < -0.39 is 16.1 Å². The zero-order valence-electron chi connectivity index (χ0n) is 15.7. The van der Waals surface area contributed by atoms with Crippen molar-refractivity contribution in [1.29, 1.82) is 0 Å². The molecule has 1 aliphatic carbocycles. The molecule has 24 heavy (non-hydrogen) atoms. The molecule has 6 heteroatoms. The van der Waals surface area contributed by atoms with Crippen molar-refractivity contribution in [2.24, 2.45) is 11.3 Å². The van der Waals surface area contributed by atoms with E-state index in [1.807, 2.05) is 0 Å². The second-order valence-corrected chi connectivity index (χ2v) is 10.2. The van der Waals surface area contributed by atoms with Crippen molar-refractivity contribution >= 4 is 15.9 Å². The molecule has 1 saturated heterocycles. The summed E-state index contributed by atoms with van der Waals surface area (Å²) in [6.07, 6.45) is 9.08. The molecule has 2 rings (SSSR count). The Morgan fingerprint density at radius 2 is 1.75 bits per heavy atom. The van der Waals surface area contributed by atoms with Crippen LogP contribution in [0.4, 0.5) is 0 Å². The van der Waals surface area contributed by atoms with Crippen LogP contribution >= 0.6 is 0 Å². The van der Waals surface area contributed by atoms with E-state index in [0.29, 0.717) is 18.4 Å². The Hall–Kier alpha value is -0.620. The van der Waals surface area contributed by atoms with Gasteiger partial charge in [-0.3, -0.25) is 4.79 Å². The van der Waals surface area contributed by atoms with Crippen LogP contribution in [0, 0.1) is 11.3 Å². The van der Waals surface area contributed by atoms with E-state index in [9.17, 15) is 13.2 Å². The number of rotatable bonds is 5. The first-order chi connectivity index (χ1) is 11.1. The lowest BCUT2D eigenvalue weighted by Gasteiger charge is -2.40. The van der Waals surface area contributed by atoms with Gasteiger partial charge in [0.25, 0.3) is 0 Å². The Morgan fingerprint density at radius 3 is 2.29 bits per heavy atom. The molecule has 1 unspecified atom stereocenters. The smallest absolute Gasteiger partial charge is 0.238 e. The van der Waals surface area contributed by atoms with E-state index in [1.54, 1.807) is 0 Å². The summed E-state index contributed by atoms with van der Waals surface area (Å²) in [5.41, 5.74) is 0.367. The molecule has 2 fully saturated rings. The van der Waals surface area contributed by atoms with Crippen LogP contribution in [-0.4, -0.2) is 43.5 Å². The van der Waals surface area contributed by atoms with Crippen LogP contribution in [0.15, 0.2) is 0 Å². The Kier molecular flexibility index (Phi) is 6.35. The van der Waals surface area contributed by atoms with Gasteiger partial charge in [0.05, 0.1) is 6.26 Å². The molecule has 0 bridgehead atoms. The van der Waals surface area contributed by atoms with Crippen molar-refractivity contribution in [2.75, 3.05) is 12.8 Å². The Labute approximate surface area is 147 Å². The molecular weight excluding hydrogens is 324 g/mol. The average molecular weight is 359 g/mol. The highest BCUT2D eigenvalue weighted by Crippen LogP contribution is 2.40. The predicted molar refractivity (Wildman–Crippen MR) is 97.1 cm³/mol. The van der Waals surface area contributed by atoms with Crippen molar-refractivity contribution in [3.05, 3.63) is 0 Å². The third kappa shape index (κ3) is 4.72. The summed E-state index contributed by atoms with van der Waals surface area (Å²) in [6.45, 7) is 7.39. The molecular formula is C18H34N2O3S. The summed E-state index contributed by atoms with van der Waals surface area (Å²) in [5.74, 6) is 0.621. The molecule has 0 aromatic heterocycles. The first-order valence-corrected chi connectivity index (χ1v) is 11.3. The van der Waals surface area contributed by atoms with E-state index in [-0.39, 0.29) is 11.9 Å². The Balaban J connectivity index is 1.91. The standard InChI is InChI=1S/C18H34N2O3S/c1-5-18(2,3)14-9-11-15(12-10-14)19-17(21)16-8-6-7-13-20(16)24(4,22)23/h14-16H,5-13H2,1-4H3,(H,19,21). The van der Waals surface area contributed by atoms with Crippen LogP contribution in [0.3, 0.4) is 0 Å². The molecule has 1 aliphatic heterocycles. The van der Waals surface area contributed by atoms with Crippen LogP contribution in [-0.2, 0) is 14.8 Å². The molecule has 2 aliphatic rings. The monoisotopic (exact) mass is 358 g/mol. The minimum absolute atomic E-state index is 0.0988. The molecule has 1 heterocycles.